The van der Waals surface area contributed by atoms with Crippen LogP contribution in [0.5, 0.6) is 0 Å². The summed E-state index contributed by atoms with van der Waals surface area (Å²) in [6, 6.07) is 17.8. The Morgan fingerprint density at radius 1 is 1.17 bits per heavy atom. The molecule has 0 bridgehead atoms. The van der Waals surface area contributed by atoms with Gasteiger partial charge in [-0.3, -0.25) is 9.36 Å². The van der Waals surface area contributed by atoms with E-state index in [2.05, 4.69) is 22.4 Å². The van der Waals surface area contributed by atoms with Crippen LogP contribution in [0.15, 0.2) is 59.8 Å². The molecule has 3 aromatic rings. The lowest BCUT2D eigenvalue weighted by molar-refractivity contribution is -0.129. The number of amides is 1. The van der Waals surface area contributed by atoms with Crippen molar-refractivity contribution in [2.45, 2.75) is 18.1 Å². The van der Waals surface area contributed by atoms with E-state index in [4.69, 9.17) is 11.6 Å². The average Bonchev–Trinajstić information content (AvgIpc) is 3.16. The van der Waals surface area contributed by atoms with Crippen molar-refractivity contribution in [3.8, 4) is 17.1 Å². The molecule has 6 nitrogen and oxygen atoms in total. The molecule has 1 saturated heterocycles. The van der Waals surface area contributed by atoms with Crippen molar-refractivity contribution >= 4 is 29.3 Å². The summed E-state index contributed by atoms with van der Waals surface area (Å²) >= 11 is 7.82. The Bertz CT molecular complexity index is 994. The molecule has 1 aliphatic rings. The number of rotatable bonds is 5. The Labute approximate surface area is 179 Å². The standard InChI is InChI=1S/C21H22ClN5OS/c1-15-13-26(12-11-23-15)19(28)14-29-21-25-24-20(17-9-5-6-10-18(17)22)27(21)16-7-3-2-4-8-16/h2-10,15,23H,11-14H2,1H3. The fraction of sp³-hybridized carbons (Fsp3) is 0.286. The van der Waals surface area contributed by atoms with Crippen LogP contribution in [0.1, 0.15) is 6.92 Å². The molecule has 0 aliphatic carbocycles. The third kappa shape index (κ3) is 4.47. The Morgan fingerprint density at radius 2 is 1.93 bits per heavy atom. The number of halogens is 1. The van der Waals surface area contributed by atoms with Gasteiger partial charge < -0.3 is 10.2 Å². The molecule has 2 heterocycles. The smallest absolute Gasteiger partial charge is 0.233 e. The van der Waals surface area contributed by atoms with Gasteiger partial charge in [0.1, 0.15) is 0 Å². The summed E-state index contributed by atoms with van der Waals surface area (Å²) in [5.74, 6) is 1.10. The van der Waals surface area contributed by atoms with Gasteiger partial charge in [-0.1, -0.05) is 53.7 Å². The molecule has 0 radical (unpaired) electrons. The van der Waals surface area contributed by atoms with Crippen LogP contribution >= 0.6 is 23.4 Å². The van der Waals surface area contributed by atoms with E-state index in [0.29, 0.717) is 27.8 Å². The first kappa shape index (κ1) is 19.9. The van der Waals surface area contributed by atoms with E-state index < -0.39 is 0 Å². The fourth-order valence-corrected chi connectivity index (χ4v) is 4.44. The Balaban J connectivity index is 1.62. The summed E-state index contributed by atoms with van der Waals surface area (Å²) in [6.07, 6.45) is 0. The van der Waals surface area contributed by atoms with Crippen LogP contribution in [0.3, 0.4) is 0 Å². The van der Waals surface area contributed by atoms with Crippen molar-refractivity contribution in [3.63, 3.8) is 0 Å². The number of piperazine rings is 1. The molecule has 29 heavy (non-hydrogen) atoms. The van der Waals surface area contributed by atoms with E-state index in [1.165, 1.54) is 11.8 Å². The molecule has 0 saturated carbocycles. The molecule has 2 aromatic carbocycles. The minimum absolute atomic E-state index is 0.116. The van der Waals surface area contributed by atoms with Crippen molar-refractivity contribution in [2.24, 2.45) is 0 Å². The van der Waals surface area contributed by atoms with Gasteiger partial charge >= 0.3 is 0 Å². The minimum Gasteiger partial charge on any atom is -0.339 e. The van der Waals surface area contributed by atoms with Crippen molar-refractivity contribution in [2.75, 3.05) is 25.4 Å². The highest BCUT2D eigenvalue weighted by atomic mass is 35.5. The molecule has 1 unspecified atom stereocenters. The van der Waals surface area contributed by atoms with Crippen molar-refractivity contribution in [3.05, 3.63) is 59.6 Å². The lowest BCUT2D eigenvalue weighted by Crippen LogP contribution is -2.51. The molecular weight excluding hydrogens is 406 g/mol. The number of hydrogen-bond acceptors (Lipinski definition) is 5. The lowest BCUT2D eigenvalue weighted by atomic mass is 10.2. The molecule has 1 N–H and O–H groups in total. The van der Waals surface area contributed by atoms with Crippen LogP contribution in [0.4, 0.5) is 0 Å². The molecule has 1 aliphatic heterocycles. The Hall–Kier alpha value is -2.35. The topological polar surface area (TPSA) is 63.1 Å². The van der Waals surface area contributed by atoms with Gasteiger partial charge in [0.2, 0.25) is 5.91 Å². The second kappa shape index (κ2) is 8.98. The third-order valence-corrected chi connectivity index (χ3v) is 6.05. The van der Waals surface area contributed by atoms with Crippen molar-refractivity contribution in [1.82, 2.24) is 25.0 Å². The molecule has 8 heteroatoms. The summed E-state index contributed by atoms with van der Waals surface area (Å²) in [7, 11) is 0. The Kier molecular flexibility index (Phi) is 6.18. The molecule has 1 amide bonds. The maximum atomic E-state index is 12.7. The zero-order chi connectivity index (χ0) is 20.2. The minimum atomic E-state index is 0.116. The number of carbonyl (C=O) groups is 1. The number of carbonyl (C=O) groups excluding carboxylic acids is 1. The molecule has 1 atom stereocenters. The number of thioether (sulfide) groups is 1. The molecule has 1 aromatic heterocycles. The maximum absolute atomic E-state index is 12.7. The van der Waals surface area contributed by atoms with Gasteiger partial charge in [0.15, 0.2) is 11.0 Å². The van der Waals surface area contributed by atoms with Crippen LogP contribution in [0, 0.1) is 0 Å². The van der Waals surface area contributed by atoms with Gasteiger partial charge in [-0.2, -0.15) is 0 Å². The monoisotopic (exact) mass is 427 g/mol. The number of hydrogen-bond donors (Lipinski definition) is 1. The first-order chi connectivity index (χ1) is 14.1. The van der Waals surface area contributed by atoms with E-state index >= 15 is 0 Å². The highest BCUT2D eigenvalue weighted by Gasteiger charge is 2.23. The number of nitrogens with zero attached hydrogens (tertiary/aromatic N) is 4. The van der Waals surface area contributed by atoms with Crippen LogP contribution < -0.4 is 5.32 Å². The van der Waals surface area contributed by atoms with Gasteiger partial charge in [0, 0.05) is 36.9 Å². The quantitative estimate of drug-likeness (QED) is 0.631. The number of aromatic nitrogens is 3. The highest BCUT2D eigenvalue weighted by Crippen LogP contribution is 2.31. The van der Waals surface area contributed by atoms with E-state index in [1.807, 2.05) is 64.1 Å². The first-order valence-electron chi connectivity index (χ1n) is 9.53. The zero-order valence-electron chi connectivity index (χ0n) is 16.1. The van der Waals surface area contributed by atoms with Crippen LogP contribution in [0.2, 0.25) is 5.02 Å². The van der Waals surface area contributed by atoms with E-state index in [9.17, 15) is 4.79 Å². The first-order valence-corrected chi connectivity index (χ1v) is 10.9. The summed E-state index contributed by atoms with van der Waals surface area (Å²) < 4.78 is 1.96. The number of nitrogens with one attached hydrogen (secondary N) is 1. The highest BCUT2D eigenvalue weighted by molar-refractivity contribution is 7.99. The van der Waals surface area contributed by atoms with Gasteiger partial charge in [0.25, 0.3) is 0 Å². The second-order valence-corrected chi connectivity index (χ2v) is 8.29. The SMILES string of the molecule is CC1CN(C(=O)CSc2nnc(-c3ccccc3Cl)n2-c2ccccc2)CCN1. The number of para-hydroxylation sites is 1. The average molecular weight is 428 g/mol. The van der Waals surface area contributed by atoms with Gasteiger partial charge in [0.05, 0.1) is 10.8 Å². The van der Waals surface area contributed by atoms with E-state index in [-0.39, 0.29) is 5.91 Å². The summed E-state index contributed by atoms with van der Waals surface area (Å²) in [6.45, 7) is 4.39. The zero-order valence-corrected chi connectivity index (χ0v) is 17.7. The summed E-state index contributed by atoms with van der Waals surface area (Å²) in [4.78, 5) is 14.6. The van der Waals surface area contributed by atoms with Gasteiger partial charge in [-0.25, -0.2) is 0 Å². The van der Waals surface area contributed by atoms with Gasteiger partial charge in [-0.05, 0) is 31.2 Å². The third-order valence-electron chi connectivity index (χ3n) is 4.81. The molecule has 150 valence electrons. The van der Waals surface area contributed by atoms with Crippen LogP contribution in [0.25, 0.3) is 17.1 Å². The van der Waals surface area contributed by atoms with Crippen LogP contribution in [-0.2, 0) is 4.79 Å². The second-order valence-electron chi connectivity index (χ2n) is 6.94. The molecule has 0 spiro atoms. The summed E-state index contributed by atoms with van der Waals surface area (Å²) in [5.41, 5.74) is 1.73. The fourth-order valence-electron chi connectivity index (χ4n) is 3.37. The Morgan fingerprint density at radius 3 is 2.69 bits per heavy atom. The normalized spacial score (nSPS) is 16.8. The summed E-state index contributed by atoms with van der Waals surface area (Å²) in [5, 5.41) is 13.4. The van der Waals surface area contributed by atoms with E-state index in [0.717, 1.165) is 30.9 Å². The predicted molar refractivity (Wildman–Crippen MR) is 117 cm³/mol. The lowest BCUT2D eigenvalue weighted by Gasteiger charge is -2.31. The van der Waals surface area contributed by atoms with Crippen molar-refractivity contribution < 1.29 is 4.79 Å². The van der Waals surface area contributed by atoms with Gasteiger partial charge in [-0.15, -0.1) is 10.2 Å². The molecule has 4 rings (SSSR count). The number of benzene rings is 2. The molecule has 1 fully saturated rings. The van der Waals surface area contributed by atoms with Crippen molar-refractivity contribution in [1.29, 1.82) is 0 Å². The predicted octanol–water partition coefficient (Wildman–Crippen LogP) is 3.50. The largest absolute Gasteiger partial charge is 0.339 e. The molecular formula is C21H22ClN5OS. The van der Waals surface area contributed by atoms with Crippen LogP contribution in [-0.4, -0.2) is 57.0 Å². The maximum Gasteiger partial charge on any atom is 0.233 e. The van der Waals surface area contributed by atoms with E-state index in [1.54, 1.807) is 0 Å².